The Bertz CT molecular complexity index is 497. The summed E-state index contributed by atoms with van der Waals surface area (Å²) in [4.78, 5) is 15.2. The predicted molar refractivity (Wildman–Crippen MR) is 84.9 cm³/mol. The number of nitrogens with one attached hydrogen (secondary N) is 1. The largest absolute Gasteiger partial charge is 0.348 e. The quantitative estimate of drug-likeness (QED) is 0.806. The number of hydrogen-bond donors (Lipinski definition) is 2. The number of nitrogens with two attached hydrogens (primary N) is 1. The summed E-state index contributed by atoms with van der Waals surface area (Å²) in [6, 6.07) is 1.95. The number of amides is 1. The first-order valence-electron chi connectivity index (χ1n) is 6.67. The smallest absolute Gasteiger partial charge is 0.252 e. The van der Waals surface area contributed by atoms with Gasteiger partial charge in [0.05, 0.1) is 17.0 Å². The molecule has 5 heteroatoms. The molecule has 0 radical (unpaired) electrons. The zero-order valence-electron chi connectivity index (χ0n) is 12.6. The van der Waals surface area contributed by atoms with Crippen molar-refractivity contribution in [3.63, 3.8) is 0 Å². The number of carbonyl (C=O) groups excluding carboxylic acids is 1. The summed E-state index contributed by atoms with van der Waals surface area (Å²) in [5.74, 6) is 6.08. The van der Waals surface area contributed by atoms with E-state index in [4.69, 9.17) is 5.73 Å². The molecule has 1 atom stereocenters. The fraction of sp³-hybridized carbons (Fsp3) is 0.533. The molecule has 110 valence electrons. The fourth-order valence-electron chi connectivity index (χ4n) is 1.73. The molecule has 1 aromatic rings. The molecule has 1 amide bonds. The van der Waals surface area contributed by atoms with Crippen LogP contribution >= 0.6 is 11.3 Å². The Kier molecular flexibility index (Phi) is 6.73. The predicted octanol–water partition coefficient (Wildman–Crippen LogP) is 1.37. The van der Waals surface area contributed by atoms with Crippen molar-refractivity contribution in [2.75, 3.05) is 27.2 Å². The number of nitrogens with zero attached hydrogens (tertiary/aromatic N) is 1. The van der Waals surface area contributed by atoms with Crippen LogP contribution in [0.15, 0.2) is 11.4 Å². The standard InChI is InChI=1S/C15H23N3OS/c1-11(2)14(9-18(3)4)17-15(19)12-8-13(20-10-12)6-5-7-16/h8,10-11,14H,7,9,16H2,1-4H3,(H,17,19). The average Bonchev–Trinajstić information content (AvgIpc) is 2.83. The van der Waals surface area contributed by atoms with Crippen LogP contribution in [0.1, 0.15) is 29.1 Å². The highest BCUT2D eigenvalue weighted by Gasteiger charge is 2.18. The van der Waals surface area contributed by atoms with E-state index < -0.39 is 0 Å². The van der Waals surface area contributed by atoms with Crippen molar-refractivity contribution in [3.8, 4) is 11.8 Å². The van der Waals surface area contributed by atoms with Crippen molar-refractivity contribution < 1.29 is 4.79 Å². The third-order valence-corrected chi connectivity index (χ3v) is 3.70. The second-order valence-corrected chi connectivity index (χ2v) is 6.20. The maximum absolute atomic E-state index is 12.2. The molecule has 20 heavy (non-hydrogen) atoms. The van der Waals surface area contributed by atoms with Crippen molar-refractivity contribution in [1.82, 2.24) is 10.2 Å². The second-order valence-electron chi connectivity index (χ2n) is 5.29. The van der Waals surface area contributed by atoms with E-state index in [1.54, 1.807) is 0 Å². The molecule has 0 aliphatic carbocycles. The number of hydrogen-bond acceptors (Lipinski definition) is 4. The zero-order chi connectivity index (χ0) is 15.1. The second kappa shape index (κ2) is 8.05. The maximum Gasteiger partial charge on any atom is 0.252 e. The summed E-state index contributed by atoms with van der Waals surface area (Å²) in [6.07, 6.45) is 0. The van der Waals surface area contributed by atoms with Crippen molar-refractivity contribution in [2.45, 2.75) is 19.9 Å². The Labute approximate surface area is 125 Å². The molecule has 1 aromatic heterocycles. The average molecular weight is 293 g/mol. The van der Waals surface area contributed by atoms with Crippen LogP contribution in [0.2, 0.25) is 0 Å². The summed E-state index contributed by atoms with van der Waals surface area (Å²) in [5, 5.41) is 4.92. The van der Waals surface area contributed by atoms with Crippen molar-refractivity contribution in [1.29, 1.82) is 0 Å². The molecule has 0 fully saturated rings. The van der Waals surface area contributed by atoms with Gasteiger partial charge >= 0.3 is 0 Å². The fourth-order valence-corrected chi connectivity index (χ4v) is 2.48. The zero-order valence-corrected chi connectivity index (χ0v) is 13.4. The van der Waals surface area contributed by atoms with Crippen LogP contribution in [-0.4, -0.2) is 44.0 Å². The van der Waals surface area contributed by atoms with Gasteiger partial charge in [-0.15, -0.1) is 11.3 Å². The first kappa shape index (κ1) is 16.7. The molecule has 1 unspecified atom stereocenters. The van der Waals surface area contributed by atoms with Crippen LogP contribution in [0, 0.1) is 17.8 Å². The van der Waals surface area contributed by atoms with Crippen molar-refractivity contribution in [3.05, 3.63) is 21.9 Å². The molecular weight excluding hydrogens is 270 g/mol. The number of likely N-dealkylation sites (N-methyl/N-ethyl adjacent to an activating group) is 1. The summed E-state index contributed by atoms with van der Waals surface area (Å²) >= 11 is 1.47. The van der Waals surface area contributed by atoms with Crippen LogP contribution in [0.25, 0.3) is 0 Å². The van der Waals surface area contributed by atoms with Crippen LogP contribution in [0.4, 0.5) is 0 Å². The summed E-state index contributed by atoms with van der Waals surface area (Å²) in [6.45, 7) is 5.38. The van der Waals surface area contributed by atoms with Gasteiger partial charge in [0.1, 0.15) is 0 Å². The van der Waals surface area contributed by atoms with E-state index in [-0.39, 0.29) is 11.9 Å². The van der Waals surface area contributed by atoms with E-state index in [9.17, 15) is 4.79 Å². The molecule has 0 aliphatic rings. The minimum atomic E-state index is -0.0393. The highest BCUT2D eigenvalue weighted by molar-refractivity contribution is 7.10. The van der Waals surface area contributed by atoms with E-state index in [0.29, 0.717) is 18.0 Å². The third-order valence-electron chi connectivity index (χ3n) is 2.86. The lowest BCUT2D eigenvalue weighted by molar-refractivity contribution is 0.0917. The molecule has 4 nitrogen and oxygen atoms in total. The first-order valence-corrected chi connectivity index (χ1v) is 7.55. The molecule has 0 aromatic carbocycles. The van der Waals surface area contributed by atoms with Crippen LogP contribution in [0.5, 0.6) is 0 Å². The Morgan fingerprint density at radius 3 is 2.75 bits per heavy atom. The topological polar surface area (TPSA) is 58.4 Å². The van der Waals surface area contributed by atoms with Gasteiger partial charge in [-0.05, 0) is 26.1 Å². The van der Waals surface area contributed by atoms with Gasteiger partial charge in [-0.25, -0.2) is 0 Å². The highest BCUT2D eigenvalue weighted by Crippen LogP contribution is 2.14. The van der Waals surface area contributed by atoms with Crippen molar-refractivity contribution in [2.24, 2.45) is 11.7 Å². The summed E-state index contributed by atoms with van der Waals surface area (Å²) in [7, 11) is 4.01. The number of rotatable bonds is 5. The van der Waals surface area contributed by atoms with E-state index in [1.807, 2.05) is 25.5 Å². The number of thiophene rings is 1. The SMILES string of the molecule is CC(C)C(CN(C)C)NC(=O)c1csc(C#CCN)c1. The molecule has 0 spiro atoms. The summed E-state index contributed by atoms with van der Waals surface area (Å²) < 4.78 is 0. The van der Waals surface area contributed by atoms with E-state index >= 15 is 0 Å². The van der Waals surface area contributed by atoms with Gasteiger partial charge in [-0.3, -0.25) is 4.79 Å². The van der Waals surface area contributed by atoms with E-state index in [1.165, 1.54) is 11.3 Å². The highest BCUT2D eigenvalue weighted by atomic mass is 32.1. The number of carbonyl (C=O) groups is 1. The van der Waals surface area contributed by atoms with Gasteiger partial charge in [0.15, 0.2) is 0 Å². The molecule has 0 aliphatic heterocycles. The van der Waals surface area contributed by atoms with Crippen molar-refractivity contribution >= 4 is 17.2 Å². The summed E-state index contributed by atoms with van der Waals surface area (Å²) in [5.41, 5.74) is 6.00. The van der Waals surface area contributed by atoms with Gasteiger partial charge in [-0.1, -0.05) is 25.7 Å². The lowest BCUT2D eigenvalue weighted by atomic mass is 10.0. The Morgan fingerprint density at radius 1 is 1.50 bits per heavy atom. The third kappa shape index (κ3) is 5.33. The van der Waals surface area contributed by atoms with Gasteiger partial charge in [0, 0.05) is 18.0 Å². The van der Waals surface area contributed by atoms with Gasteiger partial charge in [0.2, 0.25) is 0 Å². The van der Waals surface area contributed by atoms with E-state index in [2.05, 4.69) is 35.9 Å². The first-order chi connectivity index (χ1) is 9.43. The Hall–Kier alpha value is -1.35. The maximum atomic E-state index is 12.2. The molecule has 3 N–H and O–H groups in total. The Balaban J connectivity index is 2.71. The van der Waals surface area contributed by atoms with Crippen LogP contribution in [0.3, 0.4) is 0 Å². The molecule has 1 heterocycles. The monoisotopic (exact) mass is 293 g/mol. The van der Waals surface area contributed by atoms with Crippen LogP contribution in [-0.2, 0) is 0 Å². The lowest BCUT2D eigenvalue weighted by Gasteiger charge is -2.25. The minimum Gasteiger partial charge on any atom is -0.348 e. The van der Waals surface area contributed by atoms with Crippen LogP contribution < -0.4 is 11.1 Å². The molecular formula is C15H23N3OS. The van der Waals surface area contributed by atoms with Gasteiger partial charge < -0.3 is 16.0 Å². The van der Waals surface area contributed by atoms with Gasteiger partial charge in [-0.2, -0.15) is 0 Å². The lowest BCUT2D eigenvalue weighted by Crippen LogP contribution is -2.44. The Morgan fingerprint density at radius 2 is 2.20 bits per heavy atom. The van der Waals surface area contributed by atoms with Gasteiger partial charge in [0.25, 0.3) is 5.91 Å². The molecule has 1 rings (SSSR count). The van der Waals surface area contributed by atoms with E-state index in [0.717, 1.165) is 11.4 Å². The molecule has 0 saturated heterocycles. The minimum absolute atomic E-state index is 0.0393. The molecule has 0 saturated carbocycles. The molecule has 0 bridgehead atoms. The normalized spacial score (nSPS) is 12.2.